The first-order valence-electron chi connectivity index (χ1n) is 15.4. The number of carbonyl (C=O) groups excluding carboxylic acids is 2. The molecule has 0 aliphatic rings. The zero-order chi connectivity index (χ0) is 33.3. The molecule has 0 amide bonds. The van der Waals surface area contributed by atoms with E-state index in [2.05, 4.69) is 5.32 Å². The number of hydrogen-bond donors (Lipinski definition) is 5. The van der Waals surface area contributed by atoms with Crippen molar-refractivity contribution in [1.82, 2.24) is 15.1 Å². The van der Waals surface area contributed by atoms with Gasteiger partial charge in [0.25, 0.3) is 0 Å². The largest absolute Gasteiger partial charge is 0.480 e. The second-order valence-corrected chi connectivity index (χ2v) is 10.1. The van der Waals surface area contributed by atoms with Crippen molar-refractivity contribution >= 4 is 23.5 Å². The summed E-state index contributed by atoms with van der Waals surface area (Å²) in [6.07, 6.45) is 4.46. The van der Waals surface area contributed by atoms with Crippen molar-refractivity contribution in [3.63, 3.8) is 0 Å². The number of nitrogens with zero attached hydrogens (tertiary/aromatic N) is 2. The number of carbonyl (C=O) groups is 4. The van der Waals surface area contributed by atoms with Gasteiger partial charge in [0.1, 0.15) is 11.6 Å². The van der Waals surface area contributed by atoms with Crippen molar-refractivity contribution in [3.05, 3.63) is 0 Å². The maximum absolute atomic E-state index is 12.2. The molecule has 0 bridgehead atoms. The van der Waals surface area contributed by atoms with Gasteiger partial charge < -0.3 is 45.9 Å². The van der Waals surface area contributed by atoms with E-state index in [1.54, 1.807) is 0 Å². The third-order valence-corrected chi connectivity index (χ3v) is 5.74. The second-order valence-electron chi connectivity index (χ2n) is 10.1. The Labute approximate surface area is 262 Å². The van der Waals surface area contributed by atoms with Gasteiger partial charge in [0.2, 0.25) is 0 Å². The molecule has 0 heterocycles. The first kappa shape index (κ1) is 44.0. The molecule has 0 unspecified atom stereocenters. The fourth-order valence-corrected chi connectivity index (χ4v) is 3.63. The van der Waals surface area contributed by atoms with E-state index in [0.29, 0.717) is 65.6 Å². The van der Waals surface area contributed by atoms with Gasteiger partial charge >= 0.3 is 11.9 Å². The molecule has 15 heteroatoms. The summed E-state index contributed by atoms with van der Waals surface area (Å²) in [6, 6.07) is 0. The van der Waals surface area contributed by atoms with Crippen molar-refractivity contribution in [2.75, 3.05) is 119 Å². The van der Waals surface area contributed by atoms with E-state index in [1.165, 1.54) is 16.7 Å². The molecule has 7 N–H and O–H groups in total. The first-order chi connectivity index (χ1) is 21.2. The lowest BCUT2D eigenvalue weighted by Gasteiger charge is -2.24. The first-order valence-corrected chi connectivity index (χ1v) is 15.4. The van der Waals surface area contributed by atoms with Crippen molar-refractivity contribution in [1.29, 1.82) is 0 Å². The highest BCUT2D eigenvalue weighted by molar-refractivity contribution is 5.81. The number of nitrogens with one attached hydrogen (secondary N) is 1. The minimum Gasteiger partial charge on any atom is -0.480 e. The highest BCUT2D eigenvalue weighted by Crippen LogP contribution is 2.01. The highest BCUT2D eigenvalue weighted by Gasteiger charge is 2.17. The molecular formula is C29H59N5O10. The van der Waals surface area contributed by atoms with Gasteiger partial charge in [-0.3, -0.25) is 29.0 Å². The summed E-state index contributed by atoms with van der Waals surface area (Å²) in [4.78, 5) is 48.5. The molecule has 0 aromatic rings. The number of aliphatic carboxylic acids is 2. The molecule has 0 rings (SSSR count). The Morgan fingerprint density at radius 1 is 0.614 bits per heavy atom. The van der Waals surface area contributed by atoms with Gasteiger partial charge in [-0.25, -0.2) is 0 Å². The third kappa shape index (κ3) is 36.1. The summed E-state index contributed by atoms with van der Waals surface area (Å²) in [5, 5.41) is 21.1. The average molecular weight is 638 g/mol. The molecule has 0 aliphatic carbocycles. The number of ether oxygens (including phenoxy) is 4. The van der Waals surface area contributed by atoms with Gasteiger partial charge in [0.15, 0.2) is 0 Å². The average Bonchev–Trinajstić information content (AvgIpc) is 2.95. The van der Waals surface area contributed by atoms with Crippen molar-refractivity contribution in [2.45, 2.75) is 45.4 Å². The molecule has 15 nitrogen and oxygen atoms in total. The summed E-state index contributed by atoms with van der Waals surface area (Å²) >= 11 is 0. The van der Waals surface area contributed by atoms with E-state index in [-0.39, 0.29) is 50.8 Å². The summed E-state index contributed by atoms with van der Waals surface area (Å²) < 4.78 is 21.3. The van der Waals surface area contributed by atoms with E-state index < -0.39 is 11.9 Å². The molecule has 44 heavy (non-hydrogen) atoms. The minimum absolute atomic E-state index is 0.0331. The third-order valence-electron chi connectivity index (χ3n) is 5.74. The number of unbranched alkanes of at least 4 members (excludes halogenated alkanes) is 1. The van der Waals surface area contributed by atoms with E-state index in [1.807, 2.05) is 7.05 Å². The number of Topliss-reactive ketones (excluding diaryl/α,β-unsaturated/α-hetero) is 2. The van der Waals surface area contributed by atoms with E-state index in [9.17, 15) is 19.2 Å². The number of carboxylic acid groups (broad SMARTS) is 2. The molecule has 0 aliphatic heterocycles. The van der Waals surface area contributed by atoms with E-state index in [4.69, 9.17) is 40.6 Å². The maximum atomic E-state index is 12.2. The van der Waals surface area contributed by atoms with Crippen LogP contribution in [0.2, 0.25) is 0 Å². The zero-order valence-corrected chi connectivity index (χ0v) is 27.0. The Kier molecular flexibility index (Phi) is 33.8. The number of ketones is 2. The molecule has 0 saturated heterocycles. The molecule has 0 spiro atoms. The Balaban J connectivity index is 0. The molecule has 0 aromatic carbocycles. The summed E-state index contributed by atoms with van der Waals surface area (Å²) in [5.74, 6) is -2.42. The number of carboxylic acids is 2. The van der Waals surface area contributed by atoms with Gasteiger partial charge in [-0.15, -0.1) is 0 Å². The van der Waals surface area contributed by atoms with Crippen molar-refractivity contribution in [2.24, 2.45) is 11.5 Å². The predicted molar refractivity (Wildman–Crippen MR) is 167 cm³/mol. The molecule has 0 radical (unpaired) electrons. The number of hydrogen-bond acceptors (Lipinski definition) is 13. The standard InChI is InChI=1S/C21H39N3O8.C8H20N2O2/c1-18(25)14-23(16-20(27)28)8-9-24(17-21(29)30)15-19(26)6-3-4-10-31-12-13-32-11-5-7-22-2;9-3-1-5-11-7-8-12-6-2-4-10/h22H,3-17H2,1-2H3,(H,27,28)(H,29,30);1-10H2. The maximum Gasteiger partial charge on any atom is 0.317 e. The Morgan fingerprint density at radius 2 is 1.05 bits per heavy atom. The molecule has 260 valence electrons. The minimum atomic E-state index is -1.07. The van der Waals surface area contributed by atoms with Crippen molar-refractivity contribution < 1.29 is 48.3 Å². The number of rotatable bonds is 32. The Bertz CT molecular complexity index is 692. The number of nitrogens with two attached hydrogens (primary N) is 2. The van der Waals surface area contributed by atoms with Crippen LogP contribution in [0, 0.1) is 0 Å². The molecule has 0 fully saturated rings. The molecule has 0 aromatic heterocycles. The molecule has 0 atom stereocenters. The summed E-state index contributed by atoms with van der Waals surface area (Å²) in [7, 11) is 1.89. The Morgan fingerprint density at radius 3 is 1.45 bits per heavy atom. The second kappa shape index (κ2) is 33.8. The quantitative estimate of drug-likeness (QED) is 0.0585. The zero-order valence-electron chi connectivity index (χ0n) is 27.0. The normalized spacial score (nSPS) is 11.0. The summed E-state index contributed by atoms with van der Waals surface area (Å²) in [6.45, 7) is 8.32. The molecular weight excluding hydrogens is 578 g/mol. The lowest BCUT2D eigenvalue weighted by molar-refractivity contribution is -0.141. The lowest BCUT2D eigenvalue weighted by atomic mass is 10.1. The monoisotopic (exact) mass is 637 g/mol. The van der Waals surface area contributed by atoms with Crippen LogP contribution in [-0.2, 0) is 38.1 Å². The van der Waals surface area contributed by atoms with Crippen LogP contribution in [0.4, 0.5) is 0 Å². The van der Waals surface area contributed by atoms with Crippen molar-refractivity contribution in [3.8, 4) is 0 Å². The van der Waals surface area contributed by atoms with Crippen LogP contribution in [0.5, 0.6) is 0 Å². The van der Waals surface area contributed by atoms with Crippen LogP contribution in [-0.4, -0.2) is 162 Å². The van der Waals surface area contributed by atoms with E-state index in [0.717, 1.165) is 45.4 Å². The van der Waals surface area contributed by atoms with E-state index >= 15 is 0 Å². The lowest BCUT2D eigenvalue weighted by Crippen LogP contribution is -2.43. The van der Waals surface area contributed by atoms with Gasteiger partial charge in [0.05, 0.1) is 52.6 Å². The highest BCUT2D eigenvalue weighted by atomic mass is 16.5. The van der Waals surface area contributed by atoms with Gasteiger partial charge in [-0.2, -0.15) is 0 Å². The predicted octanol–water partition coefficient (Wildman–Crippen LogP) is -0.552. The van der Waals surface area contributed by atoms with Gasteiger partial charge in [-0.1, -0.05) is 0 Å². The fourth-order valence-electron chi connectivity index (χ4n) is 3.63. The van der Waals surface area contributed by atoms with Crippen LogP contribution in [0.15, 0.2) is 0 Å². The SMILES string of the molecule is CNCCCOCCOCCCCC(=O)CN(CCN(CC(C)=O)CC(=O)O)CC(=O)O.NCCCOCCOCCCN. The van der Waals surface area contributed by atoms with Gasteiger partial charge in [0, 0.05) is 45.9 Å². The van der Waals surface area contributed by atoms with Crippen LogP contribution >= 0.6 is 0 Å². The van der Waals surface area contributed by atoms with Gasteiger partial charge in [-0.05, 0) is 65.7 Å². The van der Waals surface area contributed by atoms with Crippen LogP contribution in [0.3, 0.4) is 0 Å². The van der Waals surface area contributed by atoms with Crippen LogP contribution in [0.25, 0.3) is 0 Å². The fraction of sp³-hybridized carbons (Fsp3) is 0.862. The Hall–Kier alpha value is -2.08. The van der Waals surface area contributed by atoms with Crippen LogP contribution < -0.4 is 16.8 Å². The topological polar surface area (TPSA) is 216 Å². The molecule has 0 saturated carbocycles. The summed E-state index contributed by atoms with van der Waals surface area (Å²) in [5.41, 5.74) is 10.6. The van der Waals surface area contributed by atoms with Crippen LogP contribution in [0.1, 0.15) is 45.4 Å². The smallest absolute Gasteiger partial charge is 0.317 e.